The van der Waals surface area contributed by atoms with Gasteiger partial charge in [0.1, 0.15) is 5.82 Å². The van der Waals surface area contributed by atoms with E-state index in [0.717, 1.165) is 31.5 Å². The fraction of sp³-hybridized carbons (Fsp3) is 0.500. The Kier molecular flexibility index (Phi) is 5.97. The van der Waals surface area contributed by atoms with Crippen molar-refractivity contribution >= 4 is 0 Å². The second-order valence-corrected chi connectivity index (χ2v) is 3.52. The van der Waals surface area contributed by atoms with Crippen molar-refractivity contribution in [3.8, 4) is 0 Å². The molecular formula is C12H18FNO. The summed E-state index contributed by atoms with van der Waals surface area (Å²) < 4.78 is 13.2. The molecule has 0 unspecified atom stereocenters. The first kappa shape index (κ1) is 12.1. The van der Waals surface area contributed by atoms with E-state index in [1.807, 2.05) is 12.1 Å². The van der Waals surface area contributed by atoms with Crippen molar-refractivity contribution in [1.29, 1.82) is 0 Å². The Labute approximate surface area is 90.1 Å². The molecule has 0 aliphatic carbocycles. The van der Waals surface area contributed by atoms with Gasteiger partial charge in [0.05, 0.1) is 0 Å². The van der Waals surface area contributed by atoms with Crippen molar-refractivity contribution in [3.05, 3.63) is 35.6 Å². The molecule has 0 aliphatic heterocycles. The standard InChI is InChI=1S/C12H18FNO/c13-12-6-2-1-5-11(12)7-9-14-8-3-4-10-15/h1-2,5-6,14-15H,3-4,7-10H2. The normalized spacial score (nSPS) is 10.5. The van der Waals surface area contributed by atoms with Gasteiger partial charge in [0.25, 0.3) is 0 Å². The second kappa shape index (κ2) is 7.37. The maximum absolute atomic E-state index is 13.2. The molecule has 0 fully saturated rings. The van der Waals surface area contributed by atoms with Crippen molar-refractivity contribution in [2.45, 2.75) is 19.3 Å². The van der Waals surface area contributed by atoms with Gasteiger partial charge in [-0.15, -0.1) is 0 Å². The summed E-state index contributed by atoms with van der Waals surface area (Å²) in [5.41, 5.74) is 0.757. The van der Waals surface area contributed by atoms with Gasteiger partial charge < -0.3 is 10.4 Å². The van der Waals surface area contributed by atoms with Crippen molar-refractivity contribution in [1.82, 2.24) is 5.32 Å². The summed E-state index contributed by atoms with van der Waals surface area (Å²) >= 11 is 0. The maximum atomic E-state index is 13.2. The predicted octanol–water partition coefficient (Wildman–Crippen LogP) is 1.73. The lowest BCUT2D eigenvalue weighted by atomic mass is 10.1. The van der Waals surface area contributed by atoms with Crippen molar-refractivity contribution < 1.29 is 9.50 Å². The minimum absolute atomic E-state index is 0.130. The quantitative estimate of drug-likeness (QED) is 0.673. The van der Waals surface area contributed by atoms with E-state index in [1.165, 1.54) is 6.07 Å². The van der Waals surface area contributed by atoms with Crippen LogP contribution in [0.3, 0.4) is 0 Å². The molecule has 15 heavy (non-hydrogen) atoms. The molecule has 0 saturated heterocycles. The number of rotatable bonds is 7. The third kappa shape index (κ3) is 4.91. The fourth-order valence-electron chi connectivity index (χ4n) is 1.41. The number of aliphatic hydroxyl groups excluding tert-OH is 1. The Bertz CT molecular complexity index is 278. The van der Waals surface area contributed by atoms with E-state index in [-0.39, 0.29) is 12.4 Å². The van der Waals surface area contributed by atoms with Crippen LogP contribution in [0.15, 0.2) is 24.3 Å². The second-order valence-electron chi connectivity index (χ2n) is 3.52. The number of hydrogen-bond acceptors (Lipinski definition) is 2. The van der Waals surface area contributed by atoms with Crippen molar-refractivity contribution in [2.75, 3.05) is 19.7 Å². The van der Waals surface area contributed by atoms with Gasteiger partial charge in [-0.2, -0.15) is 0 Å². The summed E-state index contributed by atoms with van der Waals surface area (Å²) in [5.74, 6) is -0.130. The summed E-state index contributed by atoms with van der Waals surface area (Å²) in [6.07, 6.45) is 2.51. The molecule has 0 aromatic heterocycles. The van der Waals surface area contributed by atoms with E-state index < -0.39 is 0 Å². The van der Waals surface area contributed by atoms with Crippen LogP contribution in [0.1, 0.15) is 18.4 Å². The van der Waals surface area contributed by atoms with Gasteiger partial charge >= 0.3 is 0 Å². The fourth-order valence-corrected chi connectivity index (χ4v) is 1.41. The Morgan fingerprint density at radius 3 is 2.67 bits per heavy atom. The van der Waals surface area contributed by atoms with Crippen LogP contribution in [0.25, 0.3) is 0 Å². The molecular weight excluding hydrogens is 193 g/mol. The Morgan fingerprint density at radius 1 is 1.13 bits per heavy atom. The van der Waals surface area contributed by atoms with E-state index in [0.29, 0.717) is 6.42 Å². The highest BCUT2D eigenvalue weighted by molar-refractivity contribution is 5.17. The minimum Gasteiger partial charge on any atom is -0.396 e. The highest BCUT2D eigenvalue weighted by Crippen LogP contribution is 2.05. The number of hydrogen-bond donors (Lipinski definition) is 2. The SMILES string of the molecule is OCCCCNCCc1ccccc1F. The van der Waals surface area contributed by atoms with E-state index in [1.54, 1.807) is 6.07 Å². The predicted molar refractivity (Wildman–Crippen MR) is 59.3 cm³/mol. The molecule has 0 saturated carbocycles. The van der Waals surface area contributed by atoms with Crippen LogP contribution in [-0.2, 0) is 6.42 Å². The lowest BCUT2D eigenvalue weighted by Crippen LogP contribution is -2.19. The smallest absolute Gasteiger partial charge is 0.126 e. The number of benzene rings is 1. The van der Waals surface area contributed by atoms with E-state index in [9.17, 15) is 4.39 Å². The van der Waals surface area contributed by atoms with Crippen LogP contribution >= 0.6 is 0 Å². The third-order valence-corrected chi connectivity index (χ3v) is 2.29. The van der Waals surface area contributed by atoms with Crippen LogP contribution in [0.4, 0.5) is 4.39 Å². The largest absolute Gasteiger partial charge is 0.396 e. The first-order valence-corrected chi connectivity index (χ1v) is 5.39. The first-order chi connectivity index (χ1) is 7.34. The molecule has 0 atom stereocenters. The van der Waals surface area contributed by atoms with Crippen molar-refractivity contribution in [3.63, 3.8) is 0 Å². The van der Waals surface area contributed by atoms with Gasteiger partial charge in [-0.3, -0.25) is 0 Å². The first-order valence-electron chi connectivity index (χ1n) is 5.39. The highest BCUT2D eigenvalue weighted by atomic mass is 19.1. The zero-order valence-electron chi connectivity index (χ0n) is 8.88. The van der Waals surface area contributed by atoms with Gasteiger partial charge in [0.2, 0.25) is 0 Å². The average Bonchev–Trinajstić information content (AvgIpc) is 2.25. The van der Waals surface area contributed by atoms with Crippen LogP contribution in [0, 0.1) is 5.82 Å². The molecule has 0 bridgehead atoms. The van der Waals surface area contributed by atoms with Crippen LogP contribution in [0.2, 0.25) is 0 Å². The minimum atomic E-state index is -0.130. The lowest BCUT2D eigenvalue weighted by molar-refractivity contribution is 0.284. The molecule has 84 valence electrons. The zero-order valence-corrected chi connectivity index (χ0v) is 8.88. The van der Waals surface area contributed by atoms with Gasteiger partial charge in [-0.05, 0) is 44.0 Å². The molecule has 2 N–H and O–H groups in total. The van der Waals surface area contributed by atoms with E-state index in [2.05, 4.69) is 5.32 Å². The Hall–Kier alpha value is -0.930. The van der Waals surface area contributed by atoms with Crippen molar-refractivity contribution in [2.24, 2.45) is 0 Å². The number of aliphatic hydroxyl groups is 1. The maximum Gasteiger partial charge on any atom is 0.126 e. The van der Waals surface area contributed by atoms with Gasteiger partial charge in [-0.25, -0.2) is 4.39 Å². The lowest BCUT2D eigenvalue weighted by Gasteiger charge is -2.04. The molecule has 1 rings (SSSR count). The van der Waals surface area contributed by atoms with Crippen LogP contribution < -0.4 is 5.32 Å². The number of unbranched alkanes of at least 4 members (excludes halogenated alkanes) is 1. The van der Waals surface area contributed by atoms with E-state index in [4.69, 9.17) is 5.11 Å². The average molecular weight is 211 g/mol. The van der Waals surface area contributed by atoms with E-state index >= 15 is 0 Å². The summed E-state index contributed by atoms with van der Waals surface area (Å²) in [4.78, 5) is 0. The third-order valence-electron chi connectivity index (χ3n) is 2.29. The molecule has 1 aromatic rings. The Balaban J connectivity index is 2.12. The van der Waals surface area contributed by atoms with Crippen LogP contribution in [0.5, 0.6) is 0 Å². The molecule has 0 heterocycles. The number of nitrogens with one attached hydrogen (secondary N) is 1. The summed E-state index contributed by atoms with van der Waals surface area (Å²) in [6.45, 7) is 1.91. The molecule has 0 amide bonds. The summed E-state index contributed by atoms with van der Waals surface area (Å²) in [5, 5.41) is 11.8. The molecule has 0 aliphatic rings. The summed E-state index contributed by atoms with van der Waals surface area (Å²) in [6, 6.07) is 6.85. The number of halogens is 1. The molecule has 3 heteroatoms. The molecule has 1 aromatic carbocycles. The van der Waals surface area contributed by atoms with Gasteiger partial charge in [-0.1, -0.05) is 18.2 Å². The molecule has 0 spiro atoms. The molecule has 0 radical (unpaired) electrons. The van der Waals surface area contributed by atoms with Gasteiger partial charge in [0, 0.05) is 6.61 Å². The highest BCUT2D eigenvalue weighted by Gasteiger charge is 1.98. The zero-order chi connectivity index (χ0) is 10.9. The van der Waals surface area contributed by atoms with Gasteiger partial charge in [0.15, 0.2) is 0 Å². The topological polar surface area (TPSA) is 32.3 Å². The Morgan fingerprint density at radius 2 is 1.93 bits per heavy atom. The van der Waals surface area contributed by atoms with Crippen LogP contribution in [-0.4, -0.2) is 24.8 Å². The molecule has 2 nitrogen and oxygen atoms in total. The summed E-state index contributed by atoms with van der Waals surface area (Å²) in [7, 11) is 0. The monoisotopic (exact) mass is 211 g/mol.